The number of aryl methyl sites for hydroxylation is 1. The molecule has 3 aromatic heterocycles. The number of fused-ring (bicyclic) bond motifs is 2. The number of benzene rings is 1. The highest BCUT2D eigenvalue weighted by Crippen LogP contribution is 2.20. The number of rotatable bonds is 4. The molecule has 0 saturated carbocycles. The van der Waals surface area contributed by atoms with E-state index in [0.29, 0.717) is 16.9 Å². The molecule has 1 N–H and O–H groups in total. The van der Waals surface area contributed by atoms with Gasteiger partial charge in [0.15, 0.2) is 5.82 Å². The van der Waals surface area contributed by atoms with Crippen molar-refractivity contribution in [3.05, 3.63) is 64.3 Å². The van der Waals surface area contributed by atoms with Crippen LogP contribution < -0.4 is 5.56 Å². The number of hydrogen-bond acceptors (Lipinski definition) is 5. The summed E-state index contributed by atoms with van der Waals surface area (Å²) in [7, 11) is 0. The third-order valence-corrected chi connectivity index (χ3v) is 5.54. The summed E-state index contributed by atoms with van der Waals surface area (Å²) < 4.78 is 7.33. The molecule has 1 aliphatic rings. The first-order chi connectivity index (χ1) is 14.2. The predicted molar refractivity (Wildman–Crippen MR) is 112 cm³/mol. The fourth-order valence-electron chi connectivity index (χ4n) is 3.93. The first-order valence-electron chi connectivity index (χ1n) is 9.94. The predicted octanol–water partition coefficient (Wildman–Crippen LogP) is 2.42. The summed E-state index contributed by atoms with van der Waals surface area (Å²) >= 11 is 0. The van der Waals surface area contributed by atoms with Crippen molar-refractivity contribution in [1.82, 2.24) is 24.3 Å². The topological polar surface area (TPSA) is 75.5 Å². The van der Waals surface area contributed by atoms with Crippen molar-refractivity contribution in [3.8, 4) is 11.5 Å². The van der Waals surface area contributed by atoms with Gasteiger partial charge in [-0.05, 0) is 48.7 Å². The van der Waals surface area contributed by atoms with Crippen molar-refractivity contribution in [2.24, 2.45) is 0 Å². The summed E-state index contributed by atoms with van der Waals surface area (Å²) in [4.78, 5) is 27.3. The molecule has 1 saturated heterocycles. The molecule has 1 fully saturated rings. The van der Waals surface area contributed by atoms with Gasteiger partial charge < -0.3 is 14.1 Å². The highest BCUT2D eigenvalue weighted by molar-refractivity contribution is 5.83. The average molecular weight is 389 g/mol. The second-order valence-electron chi connectivity index (χ2n) is 7.54. The van der Waals surface area contributed by atoms with Crippen molar-refractivity contribution < 1.29 is 4.74 Å². The maximum atomic E-state index is 12.8. The van der Waals surface area contributed by atoms with Gasteiger partial charge in [-0.25, -0.2) is 9.97 Å². The maximum absolute atomic E-state index is 12.8. The number of nitrogens with one attached hydrogen (secondary N) is 1. The zero-order valence-corrected chi connectivity index (χ0v) is 16.4. The van der Waals surface area contributed by atoms with E-state index in [1.165, 1.54) is 0 Å². The monoisotopic (exact) mass is 389 g/mol. The molecular formula is C22H23N5O2. The van der Waals surface area contributed by atoms with Gasteiger partial charge in [0.25, 0.3) is 5.56 Å². The summed E-state index contributed by atoms with van der Waals surface area (Å²) in [6.07, 6.45) is 4.58. The van der Waals surface area contributed by atoms with E-state index in [1.54, 1.807) is 6.33 Å². The summed E-state index contributed by atoms with van der Waals surface area (Å²) in [5.74, 6) is 0.496. The molecule has 5 rings (SSSR count). The smallest absolute Gasteiger partial charge is 0.259 e. The number of hydrogen-bond donors (Lipinski definition) is 1. The maximum Gasteiger partial charge on any atom is 0.259 e. The molecule has 29 heavy (non-hydrogen) atoms. The van der Waals surface area contributed by atoms with Crippen LogP contribution in [-0.2, 0) is 11.2 Å². The van der Waals surface area contributed by atoms with Gasteiger partial charge in [-0.3, -0.25) is 9.69 Å². The Morgan fingerprint density at radius 1 is 1.21 bits per heavy atom. The van der Waals surface area contributed by atoms with Crippen molar-refractivity contribution >= 4 is 16.4 Å². The number of nitrogens with zero attached hydrogens (tertiary/aromatic N) is 4. The summed E-state index contributed by atoms with van der Waals surface area (Å²) in [6, 6.07) is 10.00. The van der Waals surface area contributed by atoms with Crippen LogP contribution in [-0.4, -0.2) is 57.1 Å². The summed E-state index contributed by atoms with van der Waals surface area (Å²) in [6.45, 7) is 6.52. The van der Waals surface area contributed by atoms with Crippen LogP contribution in [0.3, 0.4) is 0 Å². The van der Waals surface area contributed by atoms with Crippen LogP contribution in [0.25, 0.3) is 27.9 Å². The Balaban J connectivity index is 1.48. The van der Waals surface area contributed by atoms with Gasteiger partial charge in [-0.2, -0.15) is 0 Å². The molecule has 0 bridgehead atoms. The zero-order valence-electron chi connectivity index (χ0n) is 16.4. The fourth-order valence-corrected chi connectivity index (χ4v) is 3.93. The van der Waals surface area contributed by atoms with Crippen molar-refractivity contribution in [2.75, 3.05) is 32.8 Å². The van der Waals surface area contributed by atoms with E-state index < -0.39 is 0 Å². The second-order valence-corrected chi connectivity index (χ2v) is 7.54. The van der Waals surface area contributed by atoms with Crippen LogP contribution in [0.2, 0.25) is 0 Å². The van der Waals surface area contributed by atoms with Crippen LogP contribution in [0, 0.1) is 6.92 Å². The molecule has 7 nitrogen and oxygen atoms in total. The lowest BCUT2D eigenvalue weighted by atomic mass is 10.0. The third-order valence-electron chi connectivity index (χ3n) is 5.54. The fraction of sp³-hybridized carbons (Fsp3) is 0.318. The molecule has 7 heteroatoms. The van der Waals surface area contributed by atoms with Gasteiger partial charge in [0.05, 0.1) is 30.4 Å². The normalized spacial score (nSPS) is 15.3. The van der Waals surface area contributed by atoms with E-state index in [9.17, 15) is 4.79 Å². The first-order valence-corrected chi connectivity index (χ1v) is 9.94. The third kappa shape index (κ3) is 3.54. The van der Waals surface area contributed by atoms with Gasteiger partial charge in [-0.15, -0.1) is 0 Å². The van der Waals surface area contributed by atoms with Gasteiger partial charge in [0, 0.05) is 31.3 Å². The van der Waals surface area contributed by atoms with Gasteiger partial charge >= 0.3 is 0 Å². The van der Waals surface area contributed by atoms with E-state index in [0.717, 1.165) is 61.4 Å². The minimum absolute atomic E-state index is 0.127. The first kappa shape index (κ1) is 18.0. The van der Waals surface area contributed by atoms with Gasteiger partial charge in [-0.1, -0.05) is 6.07 Å². The molecule has 0 radical (unpaired) electrons. The number of H-pyrrole nitrogens is 1. The molecule has 0 amide bonds. The Hall–Kier alpha value is -3.03. The van der Waals surface area contributed by atoms with E-state index in [1.807, 2.05) is 41.8 Å². The minimum Gasteiger partial charge on any atom is -0.379 e. The van der Waals surface area contributed by atoms with E-state index in [2.05, 4.69) is 20.9 Å². The Labute approximate surface area is 168 Å². The highest BCUT2D eigenvalue weighted by Gasteiger charge is 2.13. The molecule has 0 unspecified atom stereocenters. The van der Waals surface area contributed by atoms with Crippen molar-refractivity contribution in [2.45, 2.75) is 13.3 Å². The van der Waals surface area contributed by atoms with Crippen molar-refractivity contribution in [3.63, 3.8) is 0 Å². The van der Waals surface area contributed by atoms with E-state index >= 15 is 0 Å². The Morgan fingerprint density at radius 3 is 2.93 bits per heavy atom. The Kier molecular flexibility index (Phi) is 4.61. The van der Waals surface area contributed by atoms with Crippen LogP contribution in [0.1, 0.15) is 11.1 Å². The van der Waals surface area contributed by atoms with Crippen LogP contribution >= 0.6 is 0 Å². The lowest BCUT2D eigenvalue weighted by Gasteiger charge is -2.26. The second kappa shape index (κ2) is 7.42. The van der Waals surface area contributed by atoms with Crippen LogP contribution in [0.4, 0.5) is 0 Å². The molecule has 1 aromatic carbocycles. The molecule has 4 heterocycles. The van der Waals surface area contributed by atoms with E-state index in [-0.39, 0.29) is 5.56 Å². The lowest BCUT2D eigenvalue weighted by molar-refractivity contribution is 0.0384. The molecular weight excluding hydrogens is 366 g/mol. The minimum atomic E-state index is -0.127. The Morgan fingerprint density at radius 2 is 2.07 bits per heavy atom. The molecule has 148 valence electrons. The highest BCUT2D eigenvalue weighted by atomic mass is 16.5. The lowest BCUT2D eigenvalue weighted by Crippen LogP contribution is -2.37. The zero-order chi connectivity index (χ0) is 19.8. The molecule has 4 aromatic rings. The number of aromatic nitrogens is 4. The summed E-state index contributed by atoms with van der Waals surface area (Å²) in [5, 5.41) is 0.634. The molecule has 0 atom stereocenters. The SMILES string of the molecule is Cc1cc(CCN2CCOCC2)cc2c(=O)[nH]c(-c3cc4cccn4cn3)nc12. The molecule has 1 aliphatic heterocycles. The quantitative estimate of drug-likeness (QED) is 0.580. The number of aromatic amines is 1. The van der Waals surface area contributed by atoms with Gasteiger partial charge in [0.2, 0.25) is 0 Å². The van der Waals surface area contributed by atoms with Crippen molar-refractivity contribution in [1.29, 1.82) is 0 Å². The Bertz CT molecular complexity index is 1240. The largest absolute Gasteiger partial charge is 0.379 e. The van der Waals surface area contributed by atoms with Crippen LogP contribution in [0.5, 0.6) is 0 Å². The molecule has 0 spiro atoms. The van der Waals surface area contributed by atoms with E-state index in [4.69, 9.17) is 9.72 Å². The molecule has 0 aliphatic carbocycles. The number of ether oxygens (including phenoxy) is 1. The van der Waals surface area contributed by atoms with Crippen LogP contribution in [0.15, 0.2) is 47.7 Å². The number of morpholine rings is 1. The standard InChI is InChI=1S/C22H23N5O2/c1-15-11-16(4-6-26-7-9-29-10-8-26)12-18-20(15)24-21(25-22(18)28)19-13-17-3-2-5-27(17)14-23-19/h2-3,5,11-14H,4,6-10H2,1H3,(H,24,25,28). The summed E-state index contributed by atoms with van der Waals surface area (Å²) in [5.41, 5.74) is 4.44. The van der Waals surface area contributed by atoms with Gasteiger partial charge in [0.1, 0.15) is 5.69 Å². The average Bonchev–Trinajstić information content (AvgIpc) is 3.21.